The van der Waals surface area contributed by atoms with E-state index in [1.54, 1.807) is 0 Å². The summed E-state index contributed by atoms with van der Waals surface area (Å²) in [6.45, 7) is 0.923. The van der Waals surface area contributed by atoms with E-state index in [2.05, 4.69) is 29.4 Å². The van der Waals surface area contributed by atoms with Crippen molar-refractivity contribution in [3.05, 3.63) is 48.2 Å². The van der Waals surface area contributed by atoms with Gasteiger partial charge < -0.3 is 5.73 Å². The molecule has 0 aliphatic rings. The second-order valence-electron chi connectivity index (χ2n) is 3.59. The Hall–Kier alpha value is -1.77. The van der Waals surface area contributed by atoms with Gasteiger partial charge in [0.05, 0.1) is 0 Å². The van der Waals surface area contributed by atoms with Crippen LogP contribution in [0.1, 0.15) is 12.0 Å². The van der Waals surface area contributed by atoms with Crippen molar-refractivity contribution in [3.63, 3.8) is 0 Å². The van der Waals surface area contributed by atoms with E-state index >= 15 is 0 Å². The van der Waals surface area contributed by atoms with Crippen LogP contribution in [0, 0.1) is 0 Å². The molecule has 2 rings (SSSR count). The Balaban J connectivity index is 1.80. The summed E-state index contributed by atoms with van der Waals surface area (Å²) in [6.07, 6.45) is 4.09. The maximum Gasteiger partial charge on any atom is 0.145 e. The summed E-state index contributed by atoms with van der Waals surface area (Å²) < 4.78 is 1.89. The van der Waals surface area contributed by atoms with Crippen LogP contribution in [0.2, 0.25) is 0 Å². The zero-order valence-corrected chi connectivity index (χ0v) is 8.63. The standard InChI is InChI=1S/C12H15N3/c13-12-8-10-15(14-12)9-4-7-11-5-2-1-3-6-11/h1-3,5-6,8,10H,4,7,9H2,(H2,13,14). The van der Waals surface area contributed by atoms with E-state index in [-0.39, 0.29) is 0 Å². The van der Waals surface area contributed by atoms with Crippen LogP contribution in [-0.4, -0.2) is 9.78 Å². The monoisotopic (exact) mass is 201 g/mol. The topological polar surface area (TPSA) is 43.8 Å². The smallest absolute Gasteiger partial charge is 0.145 e. The molecule has 1 aromatic carbocycles. The highest BCUT2D eigenvalue weighted by atomic mass is 15.3. The lowest BCUT2D eigenvalue weighted by atomic mass is 10.1. The molecule has 3 nitrogen and oxygen atoms in total. The molecule has 2 aromatic rings. The summed E-state index contributed by atoms with van der Waals surface area (Å²) in [5, 5.41) is 4.14. The Morgan fingerprint density at radius 2 is 1.93 bits per heavy atom. The summed E-state index contributed by atoms with van der Waals surface area (Å²) in [4.78, 5) is 0. The van der Waals surface area contributed by atoms with Crippen LogP contribution in [0.5, 0.6) is 0 Å². The molecule has 0 unspecified atom stereocenters. The minimum Gasteiger partial charge on any atom is -0.382 e. The van der Waals surface area contributed by atoms with Crippen LogP contribution < -0.4 is 5.73 Å². The zero-order valence-electron chi connectivity index (χ0n) is 8.63. The first-order chi connectivity index (χ1) is 7.34. The Bertz CT molecular complexity index is 406. The van der Waals surface area contributed by atoms with Crippen molar-refractivity contribution >= 4 is 5.82 Å². The molecule has 0 fully saturated rings. The molecule has 78 valence electrons. The van der Waals surface area contributed by atoms with E-state index in [4.69, 9.17) is 5.73 Å². The van der Waals surface area contributed by atoms with Crippen LogP contribution >= 0.6 is 0 Å². The molecule has 2 N–H and O–H groups in total. The summed E-state index contributed by atoms with van der Waals surface area (Å²) >= 11 is 0. The third-order valence-electron chi connectivity index (χ3n) is 2.36. The molecular weight excluding hydrogens is 186 g/mol. The predicted molar refractivity (Wildman–Crippen MR) is 61.4 cm³/mol. The van der Waals surface area contributed by atoms with Gasteiger partial charge in [0.15, 0.2) is 0 Å². The average Bonchev–Trinajstić information content (AvgIpc) is 2.66. The minimum absolute atomic E-state index is 0.592. The fourth-order valence-electron chi connectivity index (χ4n) is 1.59. The number of benzene rings is 1. The minimum atomic E-state index is 0.592. The largest absolute Gasteiger partial charge is 0.382 e. The number of rotatable bonds is 4. The molecule has 0 aliphatic heterocycles. The molecule has 0 amide bonds. The van der Waals surface area contributed by atoms with Crippen molar-refractivity contribution in [2.45, 2.75) is 19.4 Å². The highest BCUT2D eigenvalue weighted by Crippen LogP contribution is 2.04. The highest BCUT2D eigenvalue weighted by Gasteiger charge is 1.95. The molecule has 0 saturated heterocycles. The number of aromatic nitrogens is 2. The normalized spacial score (nSPS) is 10.4. The lowest BCUT2D eigenvalue weighted by molar-refractivity contribution is 0.581. The number of nitrogens with two attached hydrogens (primary N) is 1. The average molecular weight is 201 g/mol. The van der Waals surface area contributed by atoms with E-state index in [9.17, 15) is 0 Å². The second-order valence-corrected chi connectivity index (χ2v) is 3.59. The van der Waals surface area contributed by atoms with E-state index in [1.165, 1.54) is 5.56 Å². The molecular formula is C12H15N3. The molecule has 1 aromatic heterocycles. The molecule has 3 heteroatoms. The van der Waals surface area contributed by atoms with Crippen molar-refractivity contribution < 1.29 is 0 Å². The molecule has 0 radical (unpaired) electrons. The number of nitrogen functional groups attached to an aromatic ring is 1. The Kier molecular flexibility index (Phi) is 3.02. The van der Waals surface area contributed by atoms with Gasteiger partial charge in [0.1, 0.15) is 5.82 Å². The highest BCUT2D eigenvalue weighted by molar-refractivity contribution is 5.23. The first-order valence-electron chi connectivity index (χ1n) is 5.17. The van der Waals surface area contributed by atoms with Gasteiger partial charge in [-0.1, -0.05) is 30.3 Å². The van der Waals surface area contributed by atoms with Gasteiger partial charge in [-0.05, 0) is 24.5 Å². The summed E-state index contributed by atoms with van der Waals surface area (Å²) in [6, 6.07) is 12.3. The Morgan fingerprint density at radius 1 is 1.13 bits per heavy atom. The predicted octanol–water partition coefficient (Wildman–Crippen LogP) is 2.10. The van der Waals surface area contributed by atoms with Crippen LogP contribution in [-0.2, 0) is 13.0 Å². The van der Waals surface area contributed by atoms with Gasteiger partial charge in [-0.2, -0.15) is 5.10 Å². The van der Waals surface area contributed by atoms with Gasteiger partial charge in [-0.3, -0.25) is 4.68 Å². The van der Waals surface area contributed by atoms with Crippen molar-refractivity contribution in [1.29, 1.82) is 0 Å². The third-order valence-corrected chi connectivity index (χ3v) is 2.36. The van der Waals surface area contributed by atoms with Gasteiger partial charge >= 0.3 is 0 Å². The van der Waals surface area contributed by atoms with Crippen molar-refractivity contribution in [2.75, 3.05) is 5.73 Å². The van der Waals surface area contributed by atoms with Crippen molar-refractivity contribution in [3.8, 4) is 0 Å². The number of hydrogen-bond acceptors (Lipinski definition) is 2. The van der Waals surface area contributed by atoms with Crippen molar-refractivity contribution in [2.24, 2.45) is 0 Å². The van der Waals surface area contributed by atoms with Gasteiger partial charge in [-0.25, -0.2) is 0 Å². The van der Waals surface area contributed by atoms with Gasteiger partial charge in [-0.15, -0.1) is 0 Å². The summed E-state index contributed by atoms with van der Waals surface area (Å²) in [5.74, 6) is 0.592. The lowest BCUT2D eigenvalue weighted by Gasteiger charge is -2.01. The van der Waals surface area contributed by atoms with Crippen LogP contribution in [0.3, 0.4) is 0 Å². The fraction of sp³-hybridized carbons (Fsp3) is 0.250. The number of aryl methyl sites for hydroxylation is 2. The first kappa shape index (κ1) is 9.77. The summed E-state index contributed by atoms with van der Waals surface area (Å²) in [5.41, 5.74) is 6.90. The summed E-state index contributed by atoms with van der Waals surface area (Å²) in [7, 11) is 0. The maximum absolute atomic E-state index is 5.53. The molecule has 0 atom stereocenters. The molecule has 0 spiro atoms. The fourth-order valence-corrected chi connectivity index (χ4v) is 1.59. The SMILES string of the molecule is Nc1ccn(CCCc2ccccc2)n1. The number of nitrogens with zero attached hydrogens (tertiary/aromatic N) is 2. The molecule has 1 heterocycles. The number of hydrogen-bond donors (Lipinski definition) is 1. The van der Waals surface area contributed by atoms with Crippen molar-refractivity contribution in [1.82, 2.24) is 9.78 Å². The Morgan fingerprint density at radius 3 is 2.60 bits per heavy atom. The Labute approximate surface area is 89.5 Å². The van der Waals surface area contributed by atoms with Crippen LogP contribution in [0.15, 0.2) is 42.6 Å². The molecule has 0 bridgehead atoms. The molecule has 0 aliphatic carbocycles. The van der Waals surface area contributed by atoms with Gasteiger partial charge in [0.25, 0.3) is 0 Å². The maximum atomic E-state index is 5.53. The van der Waals surface area contributed by atoms with E-state index in [0.717, 1.165) is 19.4 Å². The zero-order chi connectivity index (χ0) is 10.5. The second kappa shape index (κ2) is 4.64. The lowest BCUT2D eigenvalue weighted by Crippen LogP contribution is -2.01. The first-order valence-corrected chi connectivity index (χ1v) is 5.17. The van der Waals surface area contributed by atoms with E-state index in [0.29, 0.717) is 5.82 Å². The third kappa shape index (κ3) is 2.84. The van der Waals surface area contributed by atoms with E-state index < -0.39 is 0 Å². The van der Waals surface area contributed by atoms with Crippen LogP contribution in [0.4, 0.5) is 5.82 Å². The number of anilines is 1. The molecule has 15 heavy (non-hydrogen) atoms. The quantitative estimate of drug-likeness (QED) is 0.823. The van der Waals surface area contributed by atoms with Gasteiger partial charge in [0, 0.05) is 12.7 Å². The molecule has 0 saturated carbocycles. The van der Waals surface area contributed by atoms with Gasteiger partial charge in [0.2, 0.25) is 0 Å². The van der Waals surface area contributed by atoms with E-state index in [1.807, 2.05) is 23.0 Å². The van der Waals surface area contributed by atoms with Crippen LogP contribution in [0.25, 0.3) is 0 Å².